The summed E-state index contributed by atoms with van der Waals surface area (Å²) >= 11 is 0. The van der Waals surface area contributed by atoms with Crippen LogP contribution in [0.1, 0.15) is 0 Å². The number of rotatable bonds is 0. The Balaban J connectivity index is 2.00. The van der Waals surface area contributed by atoms with E-state index in [2.05, 4.69) is 79.4 Å². The van der Waals surface area contributed by atoms with Crippen molar-refractivity contribution in [2.45, 2.75) is 0 Å². The molecule has 0 aliphatic heterocycles. The first-order chi connectivity index (χ1) is 11.9. The van der Waals surface area contributed by atoms with Gasteiger partial charge in [-0.3, -0.25) is 8.80 Å². The van der Waals surface area contributed by atoms with Gasteiger partial charge in [-0.2, -0.15) is 0 Å². The van der Waals surface area contributed by atoms with Crippen LogP contribution in [-0.4, -0.2) is 18.8 Å². The molecule has 0 fully saturated rings. The highest BCUT2D eigenvalue weighted by atomic mass is 15.0. The third kappa shape index (κ3) is 1.47. The van der Waals surface area contributed by atoms with E-state index in [0.717, 1.165) is 43.9 Å². The van der Waals surface area contributed by atoms with Crippen LogP contribution in [0, 0.1) is 0 Å². The molecule has 0 aliphatic rings. The molecule has 0 spiro atoms. The molecule has 10 bridgehead atoms. The molecule has 0 N–H and O–H groups in total. The zero-order chi connectivity index (χ0) is 15.7. The highest BCUT2D eigenvalue weighted by molar-refractivity contribution is 5.95. The van der Waals surface area contributed by atoms with E-state index in [4.69, 9.17) is 0 Å². The SMILES string of the molecule is c1cc2c3cc1c1ccc4c(c1)ncn4c1ccc(cc1)n2cn3. The standard InChI is InChI=1S/C20H12N4/c1-7-19-17-9-13(1)14-2-8-20-18(10-14)22-12-24(20)16-5-3-15(4-6-16)23(19)11-21-17/h1-12H. The Morgan fingerprint density at radius 3 is 1.46 bits per heavy atom. The van der Waals surface area contributed by atoms with Gasteiger partial charge in [0.05, 0.1) is 22.1 Å². The first kappa shape index (κ1) is 12.1. The van der Waals surface area contributed by atoms with Crippen LogP contribution in [-0.2, 0) is 0 Å². The first-order valence-corrected chi connectivity index (χ1v) is 7.92. The second-order valence-corrected chi connectivity index (χ2v) is 6.15. The summed E-state index contributed by atoms with van der Waals surface area (Å²) in [6.45, 7) is 0. The summed E-state index contributed by atoms with van der Waals surface area (Å²) < 4.78 is 4.25. The minimum atomic E-state index is 0.999. The molecule has 11 rings (SSSR count). The van der Waals surface area contributed by atoms with Gasteiger partial charge in [-0.1, -0.05) is 12.1 Å². The molecule has 4 nitrogen and oxygen atoms in total. The number of hydrogen-bond donors (Lipinski definition) is 0. The normalized spacial score (nSPS) is 12.2. The van der Waals surface area contributed by atoms with Gasteiger partial charge in [0.25, 0.3) is 0 Å². The Hall–Kier alpha value is -3.40. The predicted octanol–water partition coefficient (Wildman–Crippen LogP) is 4.44. The van der Waals surface area contributed by atoms with E-state index in [9.17, 15) is 0 Å². The van der Waals surface area contributed by atoms with Crippen LogP contribution in [0.15, 0.2) is 73.3 Å². The van der Waals surface area contributed by atoms with Gasteiger partial charge in [0.2, 0.25) is 0 Å². The molecule has 0 radical (unpaired) electrons. The van der Waals surface area contributed by atoms with E-state index in [1.807, 2.05) is 12.7 Å². The molecule has 0 aliphatic carbocycles. The molecular formula is C20H12N4. The molecule has 8 heterocycles. The van der Waals surface area contributed by atoms with Gasteiger partial charge in [-0.25, -0.2) is 9.97 Å². The second kappa shape index (κ2) is 4.11. The summed E-state index contributed by atoms with van der Waals surface area (Å²) in [5.41, 5.74) is 6.44. The molecule has 8 aromatic heterocycles. The Kier molecular flexibility index (Phi) is 2.07. The molecule has 112 valence electrons. The van der Waals surface area contributed by atoms with E-state index in [1.54, 1.807) is 0 Å². The maximum absolute atomic E-state index is 4.59. The van der Waals surface area contributed by atoms with Crippen molar-refractivity contribution in [1.82, 2.24) is 18.8 Å². The molecule has 0 atom stereocenters. The van der Waals surface area contributed by atoms with Crippen molar-refractivity contribution in [3.63, 3.8) is 0 Å². The summed E-state index contributed by atoms with van der Waals surface area (Å²) in [5, 5.41) is 2.32. The quantitative estimate of drug-likeness (QED) is 0.416. The van der Waals surface area contributed by atoms with Gasteiger partial charge in [0, 0.05) is 11.0 Å². The van der Waals surface area contributed by atoms with Gasteiger partial charge < -0.3 is 0 Å². The lowest BCUT2D eigenvalue weighted by Gasteiger charge is -2.01. The van der Waals surface area contributed by atoms with Gasteiger partial charge in [0.1, 0.15) is 12.7 Å². The summed E-state index contributed by atoms with van der Waals surface area (Å²) in [6, 6.07) is 21.4. The Morgan fingerprint density at radius 2 is 1.00 bits per heavy atom. The molecule has 24 heavy (non-hydrogen) atoms. The fraction of sp³-hybridized carbons (Fsp3) is 0. The highest BCUT2D eigenvalue weighted by Crippen LogP contribution is 2.24. The fourth-order valence-electron chi connectivity index (χ4n) is 3.57. The molecule has 0 saturated carbocycles. The largest absolute Gasteiger partial charge is 0.299 e. The second-order valence-electron chi connectivity index (χ2n) is 6.15. The maximum Gasteiger partial charge on any atom is 0.100 e. The van der Waals surface area contributed by atoms with Crippen molar-refractivity contribution in [1.29, 1.82) is 0 Å². The number of hydrogen-bond acceptors (Lipinski definition) is 2. The topological polar surface area (TPSA) is 34.6 Å². The zero-order valence-corrected chi connectivity index (χ0v) is 12.7. The van der Waals surface area contributed by atoms with Crippen LogP contribution < -0.4 is 0 Å². The lowest BCUT2D eigenvalue weighted by molar-refractivity contribution is 1.20. The van der Waals surface area contributed by atoms with E-state index in [-0.39, 0.29) is 0 Å². The van der Waals surface area contributed by atoms with E-state index >= 15 is 0 Å². The van der Waals surface area contributed by atoms with Crippen molar-refractivity contribution in [2.75, 3.05) is 0 Å². The number of nitrogens with zero attached hydrogens (tertiary/aromatic N) is 4. The molecule has 11 aromatic rings. The van der Waals surface area contributed by atoms with Crippen molar-refractivity contribution in [3.05, 3.63) is 73.3 Å². The van der Waals surface area contributed by atoms with Gasteiger partial charge >= 0.3 is 0 Å². The average Bonchev–Trinajstić information content (AvgIpc) is 3.24. The molecule has 0 unspecified atom stereocenters. The molecule has 0 saturated heterocycles. The molecule has 4 heteroatoms. The Morgan fingerprint density at radius 1 is 0.542 bits per heavy atom. The van der Waals surface area contributed by atoms with Crippen LogP contribution in [0.2, 0.25) is 0 Å². The van der Waals surface area contributed by atoms with Crippen LogP contribution in [0.5, 0.6) is 0 Å². The van der Waals surface area contributed by atoms with E-state index in [0.29, 0.717) is 0 Å². The van der Waals surface area contributed by atoms with Crippen molar-refractivity contribution in [3.8, 4) is 0 Å². The van der Waals surface area contributed by atoms with Crippen LogP contribution in [0.3, 0.4) is 0 Å². The summed E-state index contributed by atoms with van der Waals surface area (Å²) in [4.78, 5) is 9.18. The minimum Gasteiger partial charge on any atom is -0.299 e. The Bertz CT molecular complexity index is 1280. The minimum absolute atomic E-state index is 0.999. The first-order valence-electron chi connectivity index (χ1n) is 7.92. The third-order valence-electron chi connectivity index (χ3n) is 4.83. The lowest BCUT2D eigenvalue weighted by Crippen LogP contribution is -1.85. The van der Waals surface area contributed by atoms with Crippen LogP contribution in [0.4, 0.5) is 0 Å². The number of benzene rings is 3. The van der Waals surface area contributed by atoms with Gasteiger partial charge in [-0.15, -0.1) is 0 Å². The Labute approximate surface area is 136 Å². The van der Waals surface area contributed by atoms with Crippen molar-refractivity contribution < 1.29 is 0 Å². The van der Waals surface area contributed by atoms with Crippen molar-refractivity contribution >= 4 is 43.9 Å². The number of aromatic nitrogens is 4. The average molecular weight is 308 g/mol. The predicted molar refractivity (Wildman–Crippen MR) is 96.5 cm³/mol. The molecule has 0 amide bonds. The zero-order valence-electron chi connectivity index (χ0n) is 12.7. The summed E-state index contributed by atoms with van der Waals surface area (Å²) in [6.07, 6.45) is 3.78. The third-order valence-corrected chi connectivity index (χ3v) is 4.83. The smallest absolute Gasteiger partial charge is 0.100 e. The van der Waals surface area contributed by atoms with E-state index in [1.165, 1.54) is 0 Å². The summed E-state index contributed by atoms with van der Waals surface area (Å²) in [5.74, 6) is 0. The summed E-state index contributed by atoms with van der Waals surface area (Å²) in [7, 11) is 0. The highest BCUT2D eigenvalue weighted by Gasteiger charge is 2.05. The van der Waals surface area contributed by atoms with Crippen LogP contribution in [0.25, 0.3) is 43.9 Å². The van der Waals surface area contributed by atoms with Crippen molar-refractivity contribution in [2.24, 2.45) is 0 Å². The van der Waals surface area contributed by atoms with Crippen LogP contribution >= 0.6 is 0 Å². The lowest BCUT2D eigenvalue weighted by atomic mass is 10.1. The molecule has 3 aromatic carbocycles. The maximum atomic E-state index is 4.59. The number of imidazole rings is 2. The van der Waals surface area contributed by atoms with Gasteiger partial charge in [0.15, 0.2) is 0 Å². The monoisotopic (exact) mass is 308 g/mol. The van der Waals surface area contributed by atoms with Gasteiger partial charge in [-0.05, 0) is 59.3 Å². The molecular weight excluding hydrogens is 296 g/mol. The fourth-order valence-corrected chi connectivity index (χ4v) is 3.57. The van der Waals surface area contributed by atoms with E-state index < -0.39 is 0 Å².